The average molecular weight is 498 g/mol. The van der Waals surface area contributed by atoms with Crippen LogP contribution in [0.4, 0.5) is 5.69 Å². The Balaban J connectivity index is 1.56. The van der Waals surface area contributed by atoms with E-state index in [1.807, 2.05) is 0 Å². The summed E-state index contributed by atoms with van der Waals surface area (Å²) in [5.41, 5.74) is 1.51. The van der Waals surface area contributed by atoms with Crippen molar-refractivity contribution < 1.29 is 18.9 Å². The second-order valence-corrected chi connectivity index (χ2v) is 9.24. The fourth-order valence-corrected chi connectivity index (χ4v) is 4.95. The predicted octanol–water partition coefficient (Wildman–Crippen LogP) is 3.93. The molecule has 1 fully saturated rings. The molecule has 1 atom stereocenters. The van der Waals surface area contributed by atoms with Crippen molar-refractivity contribution in [2.24, 2.45) is 0 Å². The van der Waals surface area contributed by atoms with Gasteiger partial charge in [0.1, 0.15) is 5.58 Å². The Kier molecular flexibility index (Phi) is 6.31. The number of hydrogen-bond acceptors (Lipinski definition) is 7. The van der Waals surface area contributed by atoms with E-state index >= 15 is 0 Å². The van der Waals surface area contributed by atoms with Gasteiger partial charge in [-0.2, -0.15) is 0 Å². The van der Waals surface area contributed by atoms with Gasteiger partial charge in [0.05, 0.1) is 35.1 Å². The third-order valence-corrected chi connectivity index (χ3v) is 7.05. The molecule has 0 radical (unpaired) electrons. The predicted molar refractivity (Wildman–Crippen MR) is 130 cm³/mol. The lowest BCUT2D eigenvalue weighted by Crippen LogP contribution is -2.38. The number of fused-ring (bicyclic) bond motifs is 2. The van der Waals surface area contributed by atoms with Crippen molar-refractivity contribution >= 4 is 34.2 Å². The number of ether oxygens (including phenoxy) is 1. The Morgan fingerprint density at radius 3 is 2.51 bits per heavy atom. The minimum Gasteiger partial charge on any atom is -0.450 e. The molecule has 1 saturated heterocycles. The van der Waals surface area contributed by atoms with Gasteiger partial charge in [-0.1, -0.05) is 11.6 Å². The molecule has 0 bridgehead atoms. The zero-order valence-electron chi connectivity index (χ0n) is 19.2. The van der Waals surface area contributed by atoms with E-state index in [-0.39, 0.29) is 28.3 Å². The van der Waals surface area contributed by atoms with Crippen LogP contribution in [0, 0.1) is 17.0 Å². The van der Waals surface area contributed by atoms with Gasteiger partial charge < -0.3 is 14.1 Å². The molecule has 35 heavy (non-hydrogen) atoms. The average Bonchev–Trinajstić information content (AvgIpc) is 3.13. The Morgan fingerprint density at radius 2 is 1.83 bits per heavy atom. The number of rotatable bonds is 6. The van der Waals surface area contributed by atoms with E-state index in [4.69, 9.17) is 20.8 Å². The number of morpholine rings is 1. The van der Waals surface area contributed by atoms with Crippen LogP contribution in [-0.4, -0.2) is 60.0 Å². The highest BCUT2D eigenvalue weighted by molar-refractivity contribution is 6.32. The topological polar surface area (TPSA) is 106 Å². The van der Waals surface area contributed by atoms with Gasteiger partial charge in [-0.25, -0.2) is 0 Å². The summed E-state index contributed by atoms with van der Waals surface area (Å²) in [6, 6.07) is 8.46. The number of benzene rings is 2. The molecule has 182 valence electrons. The maximum atomic E-state index is 13.6. The van der Waals surface area contributed by atoms with Crippen LogP contribution in [0.3, 0.4) is 0 Å². The van der Waals surface area contributed by atoms with E-state index in [2.05, 4.69) is 4.90 Å². The van der Waals surface area contributed by atoms with Crippen molar-refractivity contribution in [2.45, 2.75) is 19.4 Å². The molecule has 3 aromatic rings. The highest BCUT2D eigenvalue weighted by Crippen LogP contribution is 2.39. The van der Waals surface area contributed by atoms with E-state index in [1.54, 1.807) is 36.1 Å². The number of non-ortho nitro benzene ring substituents is 1. The first-order valence-corrected chi connectivity index (χ1v) is 11.8. The molecule has 2 aromatic carbocycles. The molecule has 0 aliphatic carbocycles. The third kappa shape index (κ3) is 4.31. The molecule has 0 N–H and O–H groups in total. The summed E-state index contributed by atoms with van der Waals surface area (Å²) in [6.45, 7) is 6.04. The number of amides is 1. The van der Waals surface area contributed by atoms with Crippen LogP contribution >= 0.6 is 11.6 Å². The Labute approximate surface area is 206 Å². The Bertz CT molecular complexity index is 1360. The molecule has 10 heteroatoms. The molecule has 3 heterocycles. The quantitative estimate of drug-likeness (QED) is 0.375. The molecule has 2 aliphatic heterocycles. The van der Waals surface area contributed by atoms with Crippen molar-refractivity contribution in [3.8, 4) is 0 Å². The van der Waals surface area contributed by atoms with Gasteiger partial charge in [-0.05, 0) is 48.7 Å². The van der Waals surface area contributed by atoms with Gasteiger partial charge in [0.25, 0.3) is 11.6 Å². The van der Waals surface area contributed by atoms with Crippen LogP contribution in [0.1, 0.15) is 39.7 Å². The zero-order chi connectivity index (χ0) is 24.7. The first kappa shape index (κ1) is 23.5. The first-order chi connectivity index (χ1) is 16.8. The lowest BCUT2D eigenvalue weighted by molar-refractivity contribution is -0.384. The number of nitro benzene ring substituents is 1. The van der Waals surface area contributed by atoms with Gasteiger partial charge in [0.2, 0.25) is 5.76 Å². The molecule has 1 aromatic heterocycles. The van der Waals surface area contributed by atoms with Crippen molar-refractivity contribution in [1.29, 1.82) is 0 Å². The molecule has 9 nitrogen and oxygen atoms in total. The van der Waals surface area contributed by atoms with E-state index < -0.39 is 11.0 Å². The SMILES string of the molecule is Cc1cc2oc3c(c(=O)c2cc1Cl)C(c1ccc([N+](=O)[O-])cc1)N(CCCN1CCOCC1)C3=O. The van der Waals surface area contributed by atoms with E-state index in [1.165, 1.54) is 12.1 Å². The normalized spacial score (nSPS) is 18.3. The summed E-state index contributed by atoms with van der Waals surface area (Å²) in [7, 11) is 0. The van der Waals surface area contributed by atoms with Crippen LogP contribution in [-0.2, 0) is 4.74 Å². The molecular formula is C25H24ClN3O6. The number of carbonyl (C=O) groups is 1. The Hall–Kier alpha value is -3.27. The van der Waals surface area contributed by atoms with Gasteiger partial charge in [0, 0.05) is 43.3 Å². The second-order valence-electron chi connectivity index (χ2n) is 8.83. The van der Waals surface area contributed by atoms with Gasteiger partial charge in [0.15, 0.2) is 5.43 Å². The van der Waals surface area contributed by atoms with E-state index in [0.717, 1.165) is 25.2 Å². The third-order valence-electron chi connectivity index (χ3n) is 6.64. The molecule has 0 spiro atoms. The molecule has 1 unspecified atom stereocenters. The van der Waals surface area contributed by atoms with Crippen molar-refractivity contribution in [3.63, 3.8) is 0 Å². The highest BCUT2D eigenvalue weighted by Gasteiger charge is 2.42. The van der Waals surface area contributed by atoms with Crippen molar-refractivity contribution in [1.82, 2.24) is 9.80 Å². The zero-order valence-corrected chi connectivity index (χ0v) is 19.9. The maximum absolute atomic E-state index is 13.6. The first-order valence-electron chi connectivity index (χ1n) is 11.5. The number of hydrogen-bond donors (Lipinski definition) is 0. The monoisotopic (exact) mass is 497 g/mol. The summed E-state index contributed by atoms with van der Waals surface area (Å²) in [5, 5.41) is 11.9. The van der Waals surface area contributed by atoms with Gasteiger partial charge in [-0.15, -0.1) is 0 Å². The molecule has 1 amide bonds. The summed E-state index contributed by atoms with van der Waals surface area (Å²) in [5.74, 6) is -0.351. The van der Waals surface area contributed by atoms with Crippen molar-refractivity contribution in [2.75, 3.05) is 39.4 Å². The van der Waals surface area contributed by atoms with Crippen LogP contribution in [0.5, 0.6) is 0 Å². The fourth-order valence-electron chi connectivity index (χ4n) is 4.79. The van der Waals surface area contributed by atoms with E-state index in [9.17, 15) is 19.7 Å². The summed E-state index contributed by atoms with van der Waals surface area (Å²) < 4.78 is 11.4. The standard InChI is InChI=1S/C25H24ClN3O6/c1-15-13-20-18(14-19(15)26)23(30)21-22(16-3-5-17(6-4-16)29(32)33)28(25(31)24(21)35-20)8-2-7-27-9-11-34-12-10-27/h3-6,13-14,22H,2,7-12H2,1H3. The van der Waals surface area contributed by atoms with Crippen LogP contribution in [0.15, 0.2) is 45.6 Å². The number of nitro groups is 1. The van der Waals surface area contributed by atoms with Crippen LogP contribution in [0.2, 0.25) is 5.02 Å². The molecule has 0 saturated carbocycles. The number of aryl methyl sites for hydroxylation is 1. The van der Waals surface area contributed by atoms with Crippen LogP contribution < -0.4 is 5.43 Å². The lowest BCUT2D eigenvalue weighted by atomic mass is 9.98. The minimum atomic E-state index is -0.705. The van der Waals surface area contributed by atoms with Gasteiger partial charge >= 0.3 is 0 Å². The van der Waals surface area contributed by atoms with Gasteiger partial charge in [-0.3, -0.25) is 24.6 Å². The second kappa shape index (κ2) is 9.41. The van der Waals surface area contributed by atoms with E-state index in [0.29, 0.717) is 47.7 Å². The largest absolute Gasteiger partial charge is 0.450 e. The molecular weight excluding hydrogens is 474 g/mol. The number of carbonyl (C=O) groups excluding carboxylic acids is 1. The highest BCUT2D eigenvalue weighted by atomic mass is 35.5. The minimum absolute atomic E-state index is 0.0129. The summed E-state index contributed by atoms with van der Waals surface area (Å²) in [4.78, 5) is 41.7. The summed E-state index contributed by atoms with van der Waals surface area (Å²) in [6.07, 6.45) is 0.696. The Morgan fingerprint density at radius 1 is 1.11 bits per heavy atom. The lowest BCUT2D eigenvalue weighted by Gasteiger charge is -2.29. The van der Waals surface area contributed by atoms with Crippen LogP contribution in [0.25, 0.3) is 11.0 Å². The molecule has 2 aliphatic rings. The maximum Gasteiger partial charge on any atom is 0.290 e. The number of halogens is 1. The number of nitrogens with zero attached hydrogens (tertiary/aromatic N) is 3. The molecule has 5 rings (SSSR count). The smallest absolute Gasteiger partial charge is 0.290 e. The summed E-state index contributed by atoms with van der Waals surface area (Å²) >= 11 is 6.28. The van der Waals surface area contributed by atoms with Crippen molar-refractivity contribution in [3.05, 3.63) is 84.2 Å². The fraction of sp³-hybridized carbons (Fsp3) is 0.360.